The average Bonchev–Trinajstić information content (AvgIpc) is 3.17. The molecule has 4 nitrogen and oxygen atoms in total. The lowest BCUT2D eigenvalue weighted by Crippen LogP contribution is -2.16. The van der Waals surface area contributed by atoms with Crippen LogP contribution in [-0.4, -0.2) is 29.4 Å². The normalized spacial score (nSPS) is 17.4. The molecular weight excluding hydrogens is 388 g/mol. The van der Waals surface area contributed by atoms with Crippen molar-refractivity contribution in [3.8, 4) is 5.75 Å². The number of hydrogen-bond acceptors (Lipinski definition) is 4. The Morgan fingerprint density at radius 3 is 2.96 bits per heavy atom. The molecule has 1 saturated heterocycles. The number of hydrogen-bond donors (Lipinski definition) is 0. The molecule has 1 unspecified atom stereocenters. The van der Waals surface area contributed by atoms with E-state index in [4.69, 9.17) is 14.5 Å². The van der Waals surface area contributed by atoms with Crippen LogP contribution in [0.1, 0.15) is 29.8 Å². The number of rotatable bonds is 6. The predicted octanol–water partition coefficient (Wildman–Crippen LogP) is 4.74. The highest BCUT2D eigenvalue weighted by molar-refractivity contribution is 9.10. The number of aromatic nitrogens is 2. The summed E-state index contributed by atoms with van der Waals surface area (Å²) < 4.78 is 14.7. The van der Waals surface area contributed by atoms with Crippen molar-refractivity contribution in [2.45, 2.75) is 50.2 Å². The fourth-order valence-corrected chi connectivity index (χ4v) is 4.43. The predicted molar refractivity (Wildman–Crippen MR) is 101 cm³/mol. The van der Waals surface area contributed by atoms with E-state index in [-0.39, 0.29) is 0 Å². The molecule has 130 valence electrons. The highest BCUT2D eigenvalue weighted by Crippen LogP contribution is 2.31. The maximum absolute atomic E-state index is 5.81. The van der Waals surface area contributed by atoms with Crippen molar-refractivity contribution in [1.29, 1.82) is 0 Å². The van der Waals surface area contributed by atoms with Crippen LogP contribution >= 0.6 is 27.7 Å². The summed E-state index contributed by atoms with van der Waals surface area (Å²) in [4.78, 5) is 4.76. The van der Waals surface area contributed by atoms with Crippen LogP contribution in [0.5, 0.6) is 5.75 Å². The molecule has 1 fully saturated rings. The number of methoxy groups -OCH3 is 1. The Kier molecular flexibility index (Phi) is 5.89. The van der Waals surface area contributed by atoms with Crippen LogP contribution in [0.2, 0.25) is 0 Å². The molecule has 0 amide bonds. The van der Waals surface area contributed by atoms with E-state index >= 15 is 0 Å². The Labute approximate surface area is 156 Å². The van der Waals surface area contributed by atoms with E-state index in [2.05, 4.69) is 40.4 Å². The lowest BCUT2D eigenvalue weighted by Gasteiger charge is -2.15. The Morgan fingerprint density at radius 2 is 2.25 bits per heavy atom. The minimum atomic E-state index is 0.317. The van der Waals surface area contributed by atoms with Crippen molar-refractivity contribution in [1.82, 2.24) is 9.55 Å². The second kappa shape index (κ2) is 7.93. The van der Waals surface area contributed by atoms with E-state index in [1.807, 2.05) is 12.1 Å². The second-order valence-corrected chi connectivity index (χ2v) is 7.91. The van der Waals surface area contributed by atoms with Crippen LogP contribution in [0.4, 0.5) is 0 Å². The highest BCUT2D eigenvalue weighted by atomic mass is 79.9. The molecule has 1 aromatic heterocycles. The van der Waals surface area contributed by atoms with Crippen LogP contribution in [0.25, 0.3) is 0 Å². The smallest absolute Gasteiger partial charge is 0.168 e. The zero-order valence-corrected chi connectivity index (χ0v) is 16.7. The van der Waals surface area contributed by atoms with Gasteiger partial charge in [0.15, 0.2) is 5.16 Å². The maximum Gasteiger partial charge on any atom is 0.168 e. The van der Waals surface area contributed by atoms with Crippen LogP contribution in [0.3, 0.4) is 0 Å². The molecule has 24 heavy (non-hydrogen) atoms. The molecule has 0 N–H and O–H groups in total. The van der Waals surface area contributed by atoms with Gasteiger partial charge >= 0.3 is 0 Å². The Bertz CT molecular complexity index is 711. The van der Waals surface area contributed by atoms with Crippen molar-refractivity contribution in [3.63, 3.8) is 0 Å². The summed E-state index contributed by atoms with van der Waals surface area (Å²) >= 11 is 5.29. The van der Waals surface area contributed by atoms with E-state index in [0.717, 1.165) is 52.8 Å². The lowest BCUT2D eigenvalue weighted by molar-refractivity contribution is 0.0945. The first kappa shape index (κ1) is 17.8. The molecule has 1 aliphatic heterocycles. The maximum atomic E-state index is 5.81. The van der Waals surface area contributed by atoms with Gasteiger partial charge in [0, 0.05) is 28.1 Å². The number of ether oxygens (including phenoxy) is 2. The van der Waals surface area contributed by atoms with Crippen LogP contribution < -0.4 is 4.74 Å². The van der Waals surface area contributed by atoms with Gasteiger partial charge in [-0.15, -0.1) is 0 Å². The number of halogens is 1. The molecule has 0 saturated carbocycles. The summed E-state index contributed by atoms with van der Waals surface area (Å²) in [6.07, 6.45) is 2.62. The van der Waals surface area contributed by atoms with E-state index < -0.39 is 0 Å². The van der Waals surface area contributed by atoms with Gasteiger partial charge in [-0.1, -0.05) is 27.7 Å². The summed E-state index contributed by atoms with van der Waals surface area (Å²) in [6.45, 7) is 5.99. The summed E-state index contributed by atoms with van der Waals surface area (Å²) in [7, 11) is 1.71. The Hall–Kier alpha value is -0.980. The van der Waals surface area contributed by atoms with Crippen LogP contribution in [0, 0.1) is 13.8 Å². The largest absolute Gasteiger partial charge is 0.496 e. The zero-order chi connectivity index (χ0) is 17.1. The molecule has 1 aromatic carbocycles. The number of benzene rings is 1. The summed E-state index contributed by atoms with van der Waals surface area (Å²) in [5.74, 6) is 1.74. The van der Waals surface area contributed by atoms with Crippen molar-refractivity contribution >= 4 is 27.7 Å². The molecule has 0 radical (unpaired) electrons. The molecule has 2 aromatic rings. The van der Waals surface area contributed by atoms with E-state index in [9.17, 15) is 0 Å². The number of imidazole rings is 1. The Balaban J connectivity index is 1.77. The highest BCUT2D eigenvalue weighted by Gasteiger charge is 2.20. The zero-order valence-electron chi connectivity index (χ0n) is 14.3. The Morgan fingerprint density at radius 1 is 1.42 bits per heavy atom. The van der Waals surface area contributed by atoms with E-state index in [1.54, 1.807) is 18.9 Å². The first-order chi connectivity index (χ1) is 11.6. The van der Waals surface area contributed by atoms with Crippen molar-refractivity contribution in [2.75, 3.05) is 13.7 Å². The van der Waals surface area contributed by atoms with E-state index in [0.29, 0.717) is 6.10 Å². The van der Waals surface area contributed by atoms with Gasteiger partial charge in [-0.25, -0.2) is 4.98 Å². The number of aryl methyl sites for hydroxylation is 1. The third-order valence-electron chi connectivity index (χ3n) is 4.43. The minimum absolute atomic E-state index is 0.317. The molecule has 3 rings (SSSR count). The monoisotopic (exact) mass is 410 g/mol. The van der Waals surface area contributed by atoms with Gasteiger partial charge < -0.3 is 14.0 Å². The molecule has 1 atom stereocenters. The van der Waals surface area contributed by atoms with E-state index in [1.165, 1.54) is 11.3 Å². The summed E-state index contributed by atoms with van der Waals surface area (Å²) in [5.41, 5.74) is 3.49. The van der Waals surface area contributed by atoms with Gasteiger partial charge in [0.25, 0.3) is 0 Å². The topological polar surface area (TPSA) is 36.3 Å². The lowest BCUT2D eigenvalue weighted by atomic mass is 10.2. The fraction of sp³-hybridized carbons (Fsp3) is 0.500. The molecular formula is C18H23BrN2O2S. The summed E-state index contributed by atoms with van der Waals surface area (Å²) in [6, 6.07) is 6.11. The van der Waals surface area contributed by atoms with Gasteiger partial charge in [0.1, 0.15) is 5.75 Å². The molecule has 0 aliphatic carbocycles. The van der Waals surface area contributed by atoms with Crippen LogP contribution in [-0.2, 0) is 17.0 Å². The number of thioether (sulfide) groups is 1. The summed E-state index contributed by atoms with van der Waals surface area (Å²) in [5, 5.41) is 1.06. The van der Waals surface area contributed by atoms with Gasteiger partial charge in [-0.3, -0.25) is 0 Å². The molecule has 1 aliphatic rings. The standard InChI is InChI=1S/C18H23BrN2O2S/c1-12-13(2)21(10-16-5-4-8-23-16)18(20-12)24-11-14-9-15(19)6-7-17(14)22-3/h6-7,9,16H,4-5,8,10-11H2,1-3H3. The molecule has 0 bridgehead atoms. The molecule has 0 spiro atoms. The molecule has 6 heteroatoms. The van der Waals surface area contributed by atoms with Crippen molar-refractivity contribution in [3.05, 3.63) is 39.6 Å². The fourth-order valence-electron chi connectivity index (χ4n) is 2.94. The van der Waals surface area contributed by atoms with Gasteiger partial charge in [-0.05, 0) is 44.9 Å². The van der Waals surface area contributed by atoms with Gasteiger partial charge in [-0.2, -0.15) is 0 Å². The van der Waals surface area contributed by atoms with Gasteiger partial charge in [0.2, 0.25) is 0 Å². The second-order valence-electron chi connectivity index (χ2n) is 6.06. The first-order valence-electron chi connectivity index (χ1n) is 8.19. The SMILES string of the molecule is COc1ccc(Br)cc1CSc1nc(C)c(C)n1CC1CCCO1. The minimum Gasteiger partial charge on any atom is -0.496 e. The van der Waals surface area contributed by atoms with Crippen LogP contribution in [0.15, 0.2) is 27.8 Å². The molecule has 2 heterocycles. The van der Waals surface area contributed by atoms with Crippen molar-refractivity contribution in [2.24, 2.45) is 0 Å². The average molecular weight is 411 g/mol. The van der Waals surface area contributed by atoms with Gasteiger partial charge in [0.05, 0.1) is 25.5 Å². The first-order valence-corrected chi connectivity index (χ1v) is 9.97. The van der Waals surface area contributed by atoms with Crippen molar-refractivity contribution < 1.29 is 9.47 Å². The third kappa shape index (κ3) is 3.98. The number of nitrogens with zero attached hydrogens (tertiary/aromatic N) is 2. The third-order valence-corrected chi connectivity index (χ3v) is 5.95. The quantitative estimate of drug-likeness (QED) is 0.644.